The third-order valence-corrected chi connectivity index (χ3v) is 6.34. The van der Waals surface area contributed by atoms with Gasteiger partial charge in [0.1, 0.15) is 5.75 Å². The van der Waals surface area contributed by atoms with Crippen LogP contribution in [-0.4, -0.2) is 66.9 Å². The second-order valence-corrected chi connectivity index (χ2v) is 9.59. The van der Waals surface area contributed by atoms with Gasteiger partial charge in [-0.1, -0.05) is 44.2 Å². The van der Waals surface area contributed by atoms with Crippen molar-refractivity contribution < 1.29 is 23.9 Å². The maximum Gasteiger partial charge on any atom is 0.242 e. The van der Waals surface area contributed by atoms with Crippen molar-refractivity contribution in [3.8, 4) is 5.75 Å². The van der Waals surface area contributed by atoms with E-state index in [0.717, 1.165) is 16.9 Å². The summed E-state index contributed by atoms with van der Waals surface area (Å²) in [5.74, 6) is -0.113. The first-order valence-corrected chi connectivity index (χ1v) is 12.0. The molecule has 0 saturated carbocycles. The predicted octanol–water partition coefficient (Wildman–Crippen LogP) is 3.03. The molecule has 0 spiro atoms. The van der Waals surface area contributed by atoms with Crippen LogP contribution in [0.1, 0.15) is 37.3 Å². The first-order valence-electron chi connectivity index (χ1n) is 12.0. The number of anilines is 1. The molecule has 2 aromatic rings. The zero-order chi connectivity index (χ0) is 24.9. The van der Waals surface area contributed by atoms with Crippen molar-refractivity contribution in [2.75, 3.05) is 38.6 Å². The zero-order valence-electron chi connectivity index (χ0n) is 20.5. The fraction of sp³-hybridized carbons (Fsp3) is 0.444. The summed E-state index contributed by atoms with van der Waals surface area (Å²) in [5, 5.41) is 2.83. The Morgan fingerprint density at radius 2 is 1.91 bits per heavy atom. The van der Waals surface area contributed by atoms with Crippen molar-refractivity contribution in [3.05, 3.63) is 59.7 Å². The molecule has 2 aromatic carbocycles. The first kappa shape index (κ1) is 24.7. The molecule has 186 valence electrons. The van der Waals surface area contributed by atoms with Crippen LogP contribution in [0.5, 0.6) is 5.75 Å². The SMILES string of the molecule is COc1cccc(COC2CN(CC(C)C)C(=O)CN(C(=O)C3CC(=O)Nc4ccccc43)C2)c1. The number of amides is 3. The van der Waals surface area contributed by atoms with Gasteiger partial charge >= 0.3 is 0 Å². The number of fused-ring (bicyclic) bond motifs is 1. The van der Waals surface area contributed by atoms with Crippen molar-refractivity contribution in [2.45, 2.75) is 38.9 Å². The van der Waals surface area contributed by atoms with Crippen LogP contribution >= 0.6 is 0 Å². The van der Waals surface area contributed by atoms with Crippen LogP contribution in [0, 0.1) is 5.92 Å². The smallest absolute Gasteiger partial charge is 0.242 e. The van der Waals surface area contributed by atoms with E-state index in [1.54, 1.807) is 23.0 Å². The average molecular weight is 480 g/mol. The summed E-state index contributed by atoms with van der Waals surface area (Å²) in [5.41, 5.74) is 2.38. The number of methoxy groups -OCH3 is 1. The number of hydrogen-bond acceptors (Lipinski definition) is 5. The Labute approximate surface area is 206 Å². The summed E-state index contributed by atoms with van der Waals surface area (Å²) >= 11 is 0. The molecule has 1 saturated heterocycles. The third kappa shape index (κ3) is 6.00. The number of ether oxygens (including phenoxy) is 2. The van der Waals surface area contributed by atoms with Gasteiger partial charge in [0.15, 0.2) is 0 Å². The molecule has 0 aromatic heterocycles. The monoisotopic (exact) mass is 479 g/mol. The topological polar surface area (TPSA) is 88.2 Å². The maximum absolute atomic E-state index is 13.7. The Bertz CT molecular complexity index is 1090. The number of para-hydroxylation sites is 1. The lowest BCUT2D eigenvalue weighted by Gasteiger charge is -2.30. The summed E-state index contributed by atoms with van der Waals surface area (Å²) in [6.45, 7) is 5.72. The minimum atomic E-state index is -0.622. The second-order valence-electron chi connectivity index (χ2n) is 9.59. The second kappa shape index (κ2) is 10.9. The zero-order valence-corrected chi connectivity index (χ0v) is 20.5. The lowest BCUT2D eigenvalue weighted by Crippen LogP contribution is -2.44. The van der Waals surface area contributed by atoms with E-state index in [1.165, 1.54) is 0 Å². The highest BCUT2D eigenvalue weighted by Crippen LogP contribution is 2.33. The Morgan fingerprint density at radius 1 is 1.11 bits per heavy atom. The Hall–Kier alpha value is -3.39. The molecular weight excluding hydrogens is 446 g/mol. The molecule has 2 atom stereocenters. The van der Waals surface area contributed by atoms with Crippen molar-refractivity contribution in [1.29, 1.82) is 0 Å². The summed E-state index contributed by atoms with van der Waals surface area (Å²) < 4.78 is 11.5. The lowest BCUT2D eigenvalue weighted by atomic mass is 9.89. The number of nitrogens with zero attached hydrogens (tertiary/aromatic N) is 2. The van der Waals surface area contributed by atoms with Gasteiger partial charge < -0.3 is 24.6 Å². The quantitative estimate of drug-likeness (QED) is 0.660. The van der Waals surface area contributed by atoms with Crippen molar-refractivity contribution in [1.82, 2.24) is 9.80 Å². The van der Waals surface area contributed by atoms with Gasteiger partial charge in [-0.2, -0.15) is 0 Å². The highest BCUT2D eigenvalue weighted by atomic mass is 16.5. The molecule has 2 aliphatic rings. The minimum Gasteiger partial charge on any atom is -0.497 e. The van der Waals surface area contributed by atoms with Gasteiger partial charge in [0, 0.05) is 31.7 Å². The van der Waals surface area contributed by atoms with Crippen LogP contribution in [0.15, 0.2) is 48.5 Å². The number of benzene rings is 2. The van der Waals surface area contributed by atoms with Gasteiger partial charge in [0.2, 0.25) is 17.7 Å². The Kier molecular flexibility index (Phi) is 7.70. The minimum absolute atomic E-state index is 0.0230. The van der Waals surface area contributed by atoms with Crippen LogP contribution in [0.3, 0.4) is 0 Å². The molecule has 1 fully saturated rings. The van der Waals surface area contributed by atoms with Gasteiger partial charge in [0.25, 0.3) is 0 Å². The number of hydrogen-bond donors (Lipinski definition) is 1. The number of carbonyl (C=O) groups excluding carboxylic acids is 3. The lowest BCUT2D eigenvalue weighted by molar-refractivity contribution is -0.140. The summed E-state index contributed by atoms with van der Waals surface area (Å²) in [7, 11) is 1.62. The molecule has 3 amide bonds. The van der Waals surface area contributed by atoms with Crippen LogP contribution in [0.25, 0.3) is 0 Å². The molecule has 2 aliphatic heterocycles. The van der Waals surface area contributed by atoms with Crippen LogP contribution in [0.4, 0.5) is 5.69 Å². The van der Waals surface area contributed by atoms with Gasteiger partial charge in [0.05, 0.1) is 32.3 Å². The molecule has 0 aliphatic carbocycles. The van der Waals surface area contributed by atoms with E-state index in [2.05, 4.69) is 19.2 Å². The van der Waals surface area contributed by atoms with E-state index in [4.69, 9.17) is 9.47 Å². The molecule has 1 N–H and O–H groups in total. The van der Waals surface area contributed by atoms with Crippen molar-refractivity contribution in [3.63, 3.8) is 0 Å². The van der Waals surface area contributed by atoms with Crippen LogP contribution in [0.2, 0.25) is 0 Å². The largest absolute Gasteiger partial charge is 0.497 e. The van der Waals surface area contributed by atoms with Gasteiger partial charge in [-0.25, -0.2) is 0 Å². The molecule has 8 heteroatoms. The number of nitrogens with one attached hydrogen (secondary N) is 1. The summed E-state index contributed by atoms with van der Waals surface area (Å²) in [4.78, 5) is 42.5. The van der Waals surface area contributed by atoms with E-state index in [-0.39, 0.29) is 49.3 Å². The molecule has 0 bridgehead atoms. The standard InChI is InChI=1S/C27H33N3O5/c1-18(2)13-29-14-21(35-17-19-7-6-8-20(11-19)34-3)15-30(16-26(29)32)27(33)23-12-25(31)28-24-10-5-4-9-22(23)24/h4-11,18,21,23H,12-17H2,1-3H3,(H,28,31). The van der Waals surface area contributed by atoms with Crippen molar-refractivity contribution in [2.24, 2.45) is 5.92 Å². The molecule has 2 heterocycles. The van der Waals surface area contributed by atoms with Crippen molar-refractivity contribution >= 4 is 23.4 Å². The van der Waals surface area contributed by atoms with E-state index in [1.807, 2.05) is 42.5 Å². The van der Waals surface area contributed by atoms with E-state index < -0.39 is 5.92 Å². The Morgan fingerprint density at radius 3 is 2.69 bits per heavy atom. The molecule has 4 rings (SSSR count). The molecule has 2 unspecified atom stereocenters. The Balaban J connectivity index is 1.55. The predicted molar refractivity (Wildman–Crippen MR) is 132 cm³/mol. The van der Waals surface area contributed by atoms with E-state index >= 15 is 0 Å². The first-order chi connectivity index (χ1) is 16.8. The summed E-state index contributed by atoms with van der Waals surface area (Å²) in [6.07, 6.45) is -0.297. The fourth-order valence-electron chi connectivity index (χ4n) is 4.70. The van der Waals surface area contributed by atoms with Gasteiger partial charge in [-0.05, 0) is 35.2 Å². The van der Waals surface area contributed by atoms with Crippen LogP contribution < -0.4 is 10.1 Å². The van der Waals surface area contributed by atoms with Crippen LogP contribution in [-0.2, 0) is 25.7 Å². The summed E-state index contributed by atoms with van der Waals surface area (Å²) in [6, 6.07) is 15.0. The number of rotatable bonds is 7. The molecule has 35 heavy (non-hydrogen) atoms. The molecule has 8 nitrogen and oxygen atoms in total. The molecular formula is C27H33N3O5. The highest BCUT2D eigenvalue weighted by molar-refractivity contribution is 6.01. The van der Waals surface area contributed by atoms with E-state index in [9.17, 15) is 14.4 Å². The van der Waals surface area contributed by atoms with E-state index in [0.29, 0.717) is 25.4 Å². The third-order valence-electron chi connectivity index (χ3n) is 6.34. The van der Waals surface area contributed by atoms with Gasteiger partial charge in [-0.15, -0.1) is 0 Å². The normalized spacial score (nSPS) is 20.3. The fourth-order valence-corrected chi connectivity index (χ4v) is 4.70. The van der Waals surface area contributed by atoms with Gasteiger partial charge in [-0.3, -0.25) is 14.4 Å². The average Bonchev–Trinajstić information content (AvgIpc) is 3.00. The molecule has 0 radical (unpaired) electrons. The highest BCUT2D eigenvalue weighted by Gasteiger charge is 2.37. The number of carbonyl (C=O) groups is 3. The maximum atomic E-state index is 13.7.